The highest BCUT2D eigenvalue weighted by molar-refractivity contribution is 5.94. The van der Waals surface area contributed by atoms with Crippen molar-refractivity contribution in [2.24, 2.45) is 0 Å². The fourth-order valence-corrected chi connectivity index (χ4v) is 5.46. The Morgan fingerprint density at radius 2 is 1.10 bits per heavy atom. The van der Waals surface area contributed by atoms with Crippen molar-refractivity contribution in [3.05, 3.63) is 41.5 Å². The molecule has 0 aliphatic heterocycles. The van der Waals surface area contributed by atoms with Crippen LogP contribution in [0.15, 0.2) is 35.9 Å². The third-order valence-electron chi connectivity index (χ3n) is 8.19. The first-order chi connectivity index (χ1) is 19.4. The quantitative estimate of drug-likeness (QED) is 0.0742. The molecule has 0 heterocycles. The lowest BCUT2D eigenvalue weighted by Gasteiger charge is -2.15. The van der Waals surface area contributed by atoms with E-state index in [9.17, 15) is 20.1 Å². The first kappa shape index (κ1) is 36.4. The predicted octanol–water partition coefficient (Wildman–Crippen LogP) is 9.77. The van der Waals surface area contributed by atoms with Crippen molar-refractivity contribution in [2.45, 2.75) is 174 Å². The van der Waals surface area contributed by atoms with Crippen molar-refractivity contribution in [1.82, 2.24) is 0 Å². The van der Waals surface area contributed by atoms with Gasteiger partial charge in [0.2, 0.25) is 0 Å². The highest BCUT2D eigenvalue weighted by Crippen LogP contribution is 2.17. The van der Waals surface area contributed by atoms with E-state index in [0.717, 1.165) is 37.7 Å². The number of aliphatic hydroxyl groups excluding tert-OH is 2. The molecule has 0 aliphatic rings. The number of aromatic hydroxyl groups is 1. The van der Waals surface area contributed by atoms with Gasteiger partial charge in [0.25, 0.3) is 0 Å². The number of hydrogen-bond acceptors (Lipinski definition) is 4. The summed E-state index contributed by atoms with van der Waals surface area (Å²) >= 11 is 0. The fourth-order valence-electron chi connectivity index (χ4n) is 5.46. The van der Waals surface area contributed by atoms with E-state index in [0.29, 0.717) is 25.0 Å². The zero-order valence-corrected chi connectivity index (χ0v) is 26.1. The summed E-state index contributed by atoms with van der Waals surface area (Å²) in [6.07, 6.45) is 27.5. The SMILES string of the molecule is CCC(=O)/C(C)=C/CCC[C@@H](O)C[C@H](O)CCCCCCCCCCCCCCCCCCc1ccc(O)cc1. The summed E-state index contributed by atoms with van der Waals surface area (Å²) in [7, 11) is 0. The Balaban J connectivity index is 1.79. The third kappa shape index (κ3) is 21.1. The molecule has 0 radical (unpaired) electrons. The first-order valence-corrected chi connectivity index (χ1v) is 16.8. The number of carbonyl (C=O) groups is 1. The maximum absolute atomic E-state index is 11.6. The molecule has 0 fully saturated rings. The van der Waals surface area contributed by atoms with Crippen molar-refractivity contribution in [1.29, 1.82) is 0 Å². The van der Waals surface area contributed by atoms with E-state index >= 15 is 0 Å². The van der Waals surface area contributed by atoms with E-state index in [1.807, 2.05) is 32.1 Å². The van der Waals surface area contributed by atoms with Gasteiger partial charge in [0.1, 0.15) is 5.75 Å². The fraction of sp³-hybridized carbons (Fsp3) is 0.750. The number of hydrogen-bond donors (Lipinski definition) is 3. The zero-order chi connectivity index (χ0) is 29.3. The van der Waals surface area contributed by atoms with E-state index in [2.05, 4.69) is 0 Å². The topological polar surface area (TPSA) is 77.8 Å². The molecular weight excluding hydrogens is 496 g/mol. The van der Waals surface area contributed by atoms with E-state index in [1.165, 1.54) is 102 Å². The van der Waals surface area contributed by atoms with Crippen LogP contribution < -0.4 is 0 Å². The van der Waals surface area contributed by atoms with Crippen molar-refractivity contribution < 1.29 is 20.1 Å². The minimum absolute atomic E-state index is 0.194. The van der Waals surface area contributed by atoms with Gasteiger partial charge in [0.15, 0.2) is 5.78 Å². The van der Waals surface area contributed by atoms with Crippen molar-refractivity contribution in [3.63, 3.8) is 0 Å². The summed E-state index contributed by atoms with van der Waals surface area (Å²) in [5, 5.41) is 29.7. The molecule has 0 aromatic heterocycles. The molecule has 3 N–H and O–H groups in total. The Bertz CT molecular complexity index is 755. The van der Waals surface area contributed by atoms with E-state index in [-0.39, 0.29) is 5.78 Å². The molecule has 230 valence electrons. The molecule has 0 saturated heterocycles. The molecule has 0 bridgehead atoms. The Labute approximate surface area is 246 Å². The Morgan fingerprint density at radius 3 is 1.57 bits per heavy atom. The average Bonchev–Trinajstić information content (AvgIpc) is 2.95. The van der Waals surface area contributed by atoms with E-state index in [4.69, 9.17) is 0 Å². The van der Waals surface area contributed by atoms with Crippen LogP contribution in [0.5, 0.6) is 5.75 Å². The number of rotatable bonds is 27. The maximum atomic E-state index is 11.6. The van der Waals surface area contributed by atoms with Gasteiger partial charge in [-0.05, 0) is 75.1 Å². The van der Waals surface area contributed by atoms with Gasteiger partial charge in [-0.1, -0.05) is 121 Å². The Kier molecular flexibility index (Phi) is 22.8. The van der Waals surface area contributed by atoms with Gasteiger partial charge in [0, 0.05) is 6.42 Å². The van der Waals surface area contributed by atoms with Gasteiger partial charge in [-0.15, -0.1) is 0 Å². The van der Waals surface area contributed by atoms with Gasteiger partial charge in [-0.2, -0.15) is 0 Å². The van der Waals surface area contributed by atoms with Gasteiger partial charge in [0.05, 0.1) is 12.2 Å². The van der Waals surface area contributed by atoms with Crippen LogP contribution in [0.2, 0.25) is 0 Å². The monoisotopic (exact) mass is 558 g/mol. The Morgan fingerprint density at radius 1 is 0.675 bits per heavy atom. The number of benzene rings is 1. The lowest BCUT2D eigenvalue weighted by molar-refractivity contribution is -0.115. The predicted molar refractivity (Wildman–Crippen MR) is 170 cm³/mol. The largest absolute Gasteiger partial charge is 0.508 e. The number of phenolic OH excluding ortho intramolecular Hbond substituents is 1. The number of allylic oxidation sites excluding steroid dienone is 2. The second-order valence-corrected chi connectivity index (χ2v) is 12.0. The summed E-state index contributed by atoms with van der Waals surface area (Å²) in [4.78, 5) is 11.6. The first-order valence-electron chi connectivity index (χ1n) is 16.8. The number of Topliss-reactive ketones (excluding diaryl/α,β-unsaturated/α-hetero) is 1. The molecule has 0 amide bonds. The third-order valence-corrected chi connectivity index (χ3v) is 8.19. The maximum Gasteiger partial charge on any atom is 0.157 e. The second-order valence-electron chi connectivity index (χ2n) is 12.0. The number of phenols is 1. The number of ketones is 1. The van der Waals surface area contributed by atoms with Gasteiger partial charge in [-0.25, -0.2) is 0 Å². The number of unbranched alkanes of at least 4 members (excludes halogenated alkanes) is 16. The summed E-state index contributed by atoms with van der Waals surface area (Å²) in [6.45, 7) is 3.74. The van der Waals surface area contributed by atoms with Crippen LogP contribution in [0.1, 0.15) is 161 Å². The average molecular weight is 559 g/mol. The van der Waals surface area contributed by atoms with Gasteiger partial charge in [-0.3, -0.25) is 4.79 Å². The zero-order valence-electron chi connectivity index (χ0n) is 26.1. The molecule has 2 atom stereocenters. The van der Waals surface area contributed by atoms with Crippen LogP contribution >= 0.6 is 0 Å². The molecule has 1 aromatic rings. The second kappa shape index (κ2) is 25.1. The Hall–Kier alpha value is -1.65. The standard InChI is InChI=1S/C36H62O4/c1-3-36(40)31(2)22-20-21-25-35(39)30-34(38)24-19-17-15-13-11-9-7-5-4-6-8-10-12-14-16-18-23-32-26-28-33(37)29-27-32/h22,26-29,34-35,37-39H,3-21,23-25,30H2,1-2H3/b31-22+/t34-,35-/m1/s1. The summed E-state index contributed by atoms with van der Waals surface area (Å²) in [5.41, 5.74) is 2.15. The smallest absolute Gasteiger partial charge is 0.157 e. The number of aryl methyl sites for hydroxylation is 1. The molecule has 1 aromatic carbocycles. The molecule has 1 rings (SSSR count). The summed E-state index contributed by atoms with van der Waals surface area (Å²) in [5.74, 6) is 0.548. The molecule has 0 aliphatic carbocycles. The van der Waals surface area contributed by atoms with Crippen LogP contribution in [0.4, 0.5) is 0 Å². The molecule has 0 unspecified atom stereocenters. The van der Waals surface area contributed by atoms with Crippen molar-refractivity contribution >= 4 is 5.78 Å². The van der Waals surface area contributed by atoms with Gasteiger partial charge < -0.3 is 15.3 Å². The van der Waals surface area contributed by atoms with Crippen LogP contribution in [-0.2, 0) is 11.2 Å². The molecule has 4 nitrogen and oxygen atoms in total. The highest BCUT2D eigenvalue weighted by atomic mass is 16.3. The van der Waals surface area contributed by atoms with Crippen molar-refractivity contribution in [2.75, 3.05) is 0 Å². The summed E-state index contributed by atoms with van der Waals surface area (Å²) in [6, 6.07) is 7.63. The number of carbonyl (C=O) groups excluding carboxylic acids is 1. The van der Waals surface area contributed by atoms with Crippen molar-refractivity contribution in [3.8, 4) is 5.75 Å². The lowest BCUT2D eigenvalue weighted by Crippen LogP contribution is -2.17. The van der Waals surface area contributed by atoms with Crippen LogP contribution in [0, 0.1) is 0 Å². The normalized spacial score (nSPS) is 13.4. The van der Waals surface area contributed by atoms with E-state index < -0.39 is 12.2 Å². The minimum atomic E-state index is -0.445. The summed E-state index contributed by atoms with van der Waals surface area (Å²) < 4.78 is 0. The highest BCUT2D eigenvalue weighted by Gasteiger charge is 2.11. The molecular formula is C36H62O4. The molecule has 0 saturated carbocycles. The van der Waals surface area contributed by atoms with Crippen LogP contribution in [0.25, 0.3) is 0 Å². The van der Waals surface area contributed by atoms with Gasteiger partial charge >= 0.3 is 0 Å². The lowest BCUT2D eigenvalue weighted by atomic mass is 10.00. The van der Waals surface area contributed by atoms with E-state index in [1.54, 1.807) is 12.1 Å². The molecule has 0 spiro atoms. The minimum Gasteiger partial charge on any atom is -0.508 e. The van der Waals surface area contributed by atoms with Crippen LogP contribution in [-0.4, -0.2) is 33.3 Å². The number of aliphatic hydroxyl groups is 2. The molecule has 40 heavy (non-hydrogen) atoms. The molecule has 4 heteroatoms. The van der Waals surface area contributed by atoms with Crippen LogP contribution in [0.3, 0.4) is 0 Å².